The Hall–Kier alpha value is -1.56. The molecule has 2 atom stereocenters. The molecule has 24 heavy (non-hydrogen) atoms. The Morgan fingerprint density at radius 3 is 1.08 bits per heavy atom. The minimum atomic E-state index is 0.124. The highest BCUT2D eigenvalue weighted by atomic mass is 14.6. The van der Waals surface area contributed by atoms with E-state index < -0.39 is 0 Å². The Morgan fingerprint density at radius 1 is 0.583 bits per heavy atom. The van der Waals surface area contributed by atoms with Gasteiger partial charge in [-0.15, -0.1) is 0 Å². The molecule has 0 aliphatic rings. The minimum Gasteiger partial charge on any atom is -0.0645 e. The first kappa shape index (κ1) is 18.8. The molecule has 0 heterocycles. The summed E-state index contributed by atoms with van der Waals surface area (Å²) in [6.07, 6.45) is 2.30. The molecule has 0 aliphatic carbocycles. The number of rotatable bonds is 7. The van der Waals surface area contributed by atoms with Crippen molar-refractivity contribution in [3.05, 3.63) is 71.8 Å². The van der Waals surface area contributed by atoms with Gasteiger partial charge in [-0.25, -0.2) is 0 Å². The molecule has 0 unspecified atom stereocenters. The Balaban J connectivity index is 2.86. The van der Waals surface area contributed by atoms with Gasteiger partial charge in [0.2, 0.25) is 0 Å². The summed E-state index contributed by atoms with van der Waals surface area (Å²) in [4.78, 5) is 0. The summed E-state index contributed by atoms with van der Waals surface area (Å²) in [5.74, 6) is 1.12. The van der Waals surface area contributed by atoms with Crippen LogP contribution in [-0.4, -0.2) is 0 Å². The van der Waals surface area contributed by atoms with E-state index in [1.165, 1.54) is 11.1 Å². The van der Waals surface area contributed by atoms with Crippen molar-refractivity contribution in [2.75, 3.05) is 0 Å². The van der Waals surface area contributed by atoms with E-state index >= 15 is 0 Å². The maximum Gasteiger partial charge on any atom is 0.00725 e. The normalized spacial score (nSPS) is 16.8. The van der Waals surface area contributed by atoms with E-state index in [0.29, 0.717) is 11.8 Å². The standard InChI is InChI=1S/C24H34/c1-7-23(19(3)4,21-15-11-9-12-16-21)24(8-2,20(5)6)22-17-13-10-14-18-22/h9-20H,7-8H2,1-6H3/t23-,24-/m0/s1. The Kier molecular flexibility index (Phi) is 5.91. The van der Waals surface area contributed by atoms with Crippen LogP contribution in [0.2, 0.25) is 0 Å². The fraction of sp³-hybridized carbons (Fsp3) is 0.500. The molecule has 0 nitrogen and oxygen atoms in total. The van der Waals surface area contributed by atoms with E-state index in [2.05, 4.69) is 102 Å². The van der Waals surface area contributed by atoms with Crippen molar-refractivity contribution >= 4 is 0 Å². The fourth-order valence-corrected chi connectivity index (χ4v) is 5.54. The summed E-state index contributed by atoms with van der Waals surface area (Å²) >= 11 is 0. The molecule has 130 valence electrons. The number of hydrogen-bond acceptors (Lipinski definition) is 0. The molecule has 0 fully saturated rings. The van der Waals surface area contributed by atoms with Crippen LogP contribution < -0.4 is 0 Å². The maximum atomic E-state index is 2.41. The fourth-order valence-electron chi connectivity index (χ4n) is 5.54. The summed E-state index contributed by atoms with van der Waals surface area (Å²) in [6.45, 7) is 14.4. The second kappa shape index (κ2) is 7.55. The van der Waals surface area contributed by atoms with E-state index in [1.54, 1.807) is 0 Å². The lowest BCUT2D eigenvalue weighted by Gasteiger charge is -2.56. The van der Waals surface area contributed by atoms with Gasteiger partial charge in [-0.1, -0.05) is 102 Å². The van der Waals surface area contributed by atoms with Gasteiger partial charge in [0.15, 0.2) is 0 Å². The van der Waals surface area contributed by atoms with Gasteiger partial charge in [-0.2, -0.15) is 0 Å². The highest BCUT2D eigenvalue weighted by Gasteiger charge is 2.54. The van der Waals surface area contributed by atoms with Gasteiger partial charge in [-0.3, -0.25) is 0 Å². The molecule has 0 N–H and O–H groups in total. The summed E-state index contributed by atoms with van der Waals surface area (Å²) < 4.78 is 0. The van der Waals surface area contributed by atoms with Crippen LogP contribution in [0.15, 0.2) is 60.7 Å². The van der Waals surface area contributed by atoms with Crippen molar-refractivity contribution in [2.24, 2.45) is 11.8 Å². The molecule has 0 saturated carbocycles. The van der Waals surface area contributed by atoms with E-state index in [4.69, 9.17) is 0 Å². The Labute approximate surface area is 149 Å². The molecule has 2 rings (SSSR count). The van der Waals surface area contributed by atoms with Crippen LogP contribution in [-0.2, 0) is 10.8 Å². The molecule has 0 amide bonds. The van der Waals surface area contributed by atoms with Crippen molar-refractivity contribution in [1.82, 2.24) is 0 Å². The lowest BCUT2D eigenvalue weighted by atomic mass is 9.47. The average Bonchev–Trinajstić information content (AvgIpc) is 2.60. The highest BCUT2D eigenvalue weighted by Crippen LogP contribution is 2.56. The first-order valence-corrected chi connectivity index (χ1v) is 9.58. The second-order valence-corrected chi connectivity index (χ2v) is 7.69. The third kappa shape index (κ3) is 2.70. The quantitative estimate of drug-likeness (QED) is 0.515. The maximum absolute atomic E-state index is 2.41. The van der Waals surface area contributed by atoms with Gasteiger partial charge in [0, 0.05) is 10.8 Å². The zero-order valence-corrected chi connectivity index (χ0v) is 16.3. The van der Waals surface area contributed by atoms with Gasteiger partial charge in [0.05, 0.1) is 0 Å². The largest absolute Gasteiger partial charge is 0.0645 e. The molecule has 0 radical (unpaired) electrons. The zero-order valence-electron chi connectivity index (χ0n) is 16.3. The highest BCUT2D eigenvalue weighted by molar-refractivity contribution is 5.40. The molecule has 2 aromatic rings. The van der Waals surface area contributed by atoms with Gasteiger partial charge < -0.3 is 0 Å². The summed E-state index contributed by atoms with van der Waals surface area (Å²) in [7, 11) is 0. The van der Waals surface area contributed by atoms with Gasteiger partial charge >= 0.3 is 0 Å². The molecule has 2 aromatic carbocycles. The van der Waals surface area contributed by atoms with Crippen LogP contribution in [0, 0.1) is 11.8 Å². The number of benzene rings is 2. The average molecular weight is 323 g/mol. The molecular formula is C24H34. The Bertz CT molecular complexity index is 554. The molecule has 0 saturated heterocycles. The zero-order chi connectivity index (χ0) is 17.8. The van der Waals surface area contributed by atoms with Crippen molar-refractivity contribution < 1.29 is 0 Å². The van der Waals surface area contributed by atoms with Crippen molar-refractivity contribution in [3.63, 3.8) is 0 Å². The molecule has 0 aromatic heterocycles. The van der Waals surface area contributed by atoms with Crippen molar-refractivity contribution in [1.29, 1.82) is 0 Å². The third-order valence-electron chi connectivity index (χ3n) is 6.46. The molecule has 0 spiro atoms. The van der Waals surface area contributed by atoms with Gasteiger partial charge in [0.1, 0.15) is 0 Å². The smallest absolute Gasteiger partial charge is 0.00725 e. The van der Waals surface area contributed by atoms with Crippen LogP contribution in [0.25, 0.3) is 0 Å². The summed E-state index contributed by atoms with van der Waals surface area (Å²) in [5.41, 5.74) is 3.22. The predicted molar refractivity (Wildman–Crippen MR) is 106 cm³/mol. The third-order valence-corrected chi connectivity index (χ3v) is 6.46. The van der Waals surface area contributed by atoms with Crippen molar-refractivity contribution in [2.45, 2.75) is 65.2 Å². The van der Waals surface area contributed by atoms with E-state index in [1.807, 2.05) is 0 Å². The van der Waals surface area contributed by atoms with Gasteiger partial charge in [-0.05, 0) is 35.8 Å². The van der Waals surface area contributed by atoms with Crippen LogP contribution in [0.5, 0.6) is 0 Å². The molecule has 0 aliphatic heterocycles. The molecule has 0 bridgehead atoms. The van der Waals surface area contributed by atoms with Crippen LogP contribution in [0.4, 0.5) is 0 Å². The van der Waals surface area contributed by atoms with Crippen LogP contribution in [0.3, 0.4) is 0 Å². The van der Waals surface area contributed by atoms with Crippen LogP contribution in [0.1, 0.15) is 65.5 Å². The van der Waals surface area contributed by atoms with Crippen molar-refractivity contribution in [3.8, 4) is 0 Å². The van der Waals surface area contributed by atoms with E-state index in [0.717, 1.165) is 12.8 Å². The monoisotopic (exact) mass is 322 g/mol. The first-order valence-electron chi connectivity index (χ1n) is 9.58. The topological polar surface area (TPSA) is 0 Å². The summed E-state index contributed by atoms with van der Waals surface area (Å²) in [5, 5.41) is 0. The van der Waals surface area contributed by atoms with Gasteiger partial charge in [0.25, 0.3) is 0 Å². The van der Waals surface area contributed by atoms with Crippen LogP contribution >= 0.6 is 0 Å². The predicted octanol–water partition coefficient (Wildman–Crippen LogP) is 6.99. The first-order chi connectivity index (χ1) is 11.5. The van der Waals surface area contributed by atoms with E-state index in [-0.39, 0.29) is 10.8 Å². The molecular weight excluding hydrogens is 288 g/mol. The van der Waals surface area contributed by atoms with E-state index in [9.17, 15) is 0 Å². The SMILES string of the molecule is CC[C@@](c1ccccc1)(C(C)C)[C@](CC)(c1ccccc1)C(C)C. The molecule has 0 heteroatoms. The second-order valence-electron chi connectivity index (χ2n) is 7.69. The lowest BCUT2D eigenvalue weighted by Crippen LogP contribution is -2.55. The number of hydrogen-bond donors (Lipinski definition) is 0. The summed E-state index contributed by atoms with van der Waals surface area (Å²) in [6, 6.07) is 22.5. The minimum absolute atomic E-state index is 0.124. The lowest BCUT2D eigenvalue weighted by molar-refractivity contribution is 0.0863. The Morgan fingerprint density at radius 2 is 0.875 bits per heavy atom.